The molecule has 0 amide bonds. The molecule has 4 heteroatoms. The summed E-state index contributed by atoms with van der Waals surface area (Å²) in [6.07, 6.45) is 2.70. The predicted molar refractivity (Wildman–Crippen MR) is 61.2 cm³/mol. The van der Waals surface area contributed by atoms with Crippen molar-refractivity contribution in [2.45, 2.75) is 39.2 Å². The molecule has 1 aromatic rings. The molecule has 0 saturated heterocycles. The first kappa shape index (κ1) is 12.0. The lowest BCUT2D eigenvalue weighted by atomic mass is 9.85. The summed E-state index contributed by atoms with van der Waals surface area (Å²) in [7, 11) is 1.68. The molecule has 0 radical (unpaired) electrons. The summed E-state index contributed by atoms with van der Waals surface area (Å²) in [5.41, 5.74) is 6.78. The number of aromatic nitrogens is 2. The van der Waals surface area contributed by atoms with Gasteiger partial charge in [-0.2, -0.15) is 5.10 Å². The molecule has 1 heterocycles. The smallest absolute Gasteiger partial charge is 0.160 e. The van der Waals surface area contributed by atoms with Crippen LogP contribution in [0.2, 0.25) is 0 Å². The Hall–Kier alpha value is -1.03. The highest BCUT2D eigenvalue weighted by molar-refractivity contribution is 5.31. The van der Waals surface area contributed by atoms with Gasteiger partial charge in [-0.1, -0.05) is 13.8 Å². The minimum Gasteiger partial charge on any atom is -0.493 e. The highest BCUT2D eigenvalue weighted by Crippen LogP contribution is 2.33. The van der Waals surface area contributed by atoms with Gasteiger partial charge in [0.2, 0.25) is 0 Å². The maximum Gasteiger partial charge on any atom is 0.160 e. The van der Waals surface area contributed by atoms with Gasteiger partial charge in [-0.15, -0.1) is 0 Å². The number of methoxy groups -OCH3 is 1. The first-order valence-electron chi connectivity index (χ1n) is 5.37. The van der Waals surface area contributed by atoms with E-state index in [1.165, 1.54) is 0 Å². The number of hydrogen-bond donors (Lipinski definition) is 1. The van der Waals surface area contributed by atoms with Gasteiger partial charge in [0.25, 0.3) is 0 Å². The van der Waals surface area contributed by atoms with Crippen molar-refractivity contribution in [2.75, 3.05) is 13.7 Å². The third-order valence-electron chi connectivity index (χ3n) is 2.74. The van der Waals surface area contributed by atoms with Gasteiger partial charge < -0.3 is 10.5 Å². The van der Waals surface area contributed by atoms with Crippen molar-refractivity contribution in [3.8, 4) is 5.75 Å². The molecule has 4 nitrogen and oxygen atoms in total. The fourth-order valence-corrected chi connectivity index (χ4v) is 1.92. The molecule has 0 aromatic carbocycles. The second-order valence-electron chi connectivity index (χ2n) is 4.30. The summed E-state index contributed by atoms with van der Waals surface area (Å²) in [5.74, 6) is 0.857. The van der Waals surface area contributed by atoms with E-state index in [-0.39, 0.29) is 5.41 Å². The van der Waals surface area contributed by atoms with Gasteiger partial charge in [-0.3, -0.25) is 4.68 Å². The SMILES string of the molecule is CCn1ncc(OC)c1C(C)(C)CCN. The summed E-state index contributed by atoms with van der Waals surface area (Å²) in [4.78, 5) is 0. The van der Waals surface area contributed by atoms with Crippen LogP contribution in [0.15, 0.2) is 6.20 Å². The lowest BCUT2D eigenvalue weighted by Gasteiger charge is -2.25. The van der Waals surface area contributed by atoms with E-state index in [9.17, 15) is 0 Å². The van der Waals surface area contributed by atoms with Gasteiger partial charge in [0.1, 0.15) is 0 Å². The Labute approximate surface area is 91.4 Å². The largest absolute Gasteiger partial charge is 0.493 e. The molecule has 0 aliphatic carbocycles. The summed E-state index contributed by atoms with van der Waals surface area (Å²) >= 11 is 0. The van der Waals surface area contributed by atoms with Gasteiger partial charge in [0.05, 0.1) is 19.0 Å². The van der Waals surface area contributed by atoms with Gasteiger partial charge >= 0.3 is 0 Å². The molecule has 0 spiro atoms. The Kier molecular flexibility index (Phi) is 3.74. The van der Waals surface area contributed by atoms with Crippen molar-refractivity contribution in [1.82, 2.24) is 9.78 Å². The molecule has 2 N–H and O–H groups in total. The van der Waals surface area contributed by atoms with Crippen LogP contribution in [0.4, 0.5) is 0 Å². The number of rotatable bonds is 5. The fraction of sp³-hybridized carbons (Fsp3) is 0.727. The Bertz CT molecular complexity index is 296. The van der Waals surface area contributed by atoms with E-state index in [0.29, 0.717) is 6.54 Å². The average Bonchev–Trinajstić information content (AvgIpc) is 2.60. The van der Waals surface area contributed by atoms with Crippen LogP contribution in [0.3, 0.4) is 0 Å². The van der Waals surface area contributed by atoms with E-state index in [0.717, 1.165) is 24.4 Å². The van der Waals surface area contributed by atoms with E-state index < -0.39 is 0 Å². The van der Waals surface area contributed by atoms with Crippen molar-refractivity contribution in [3.63, 3.8) is 0 Å². The Morgan fingerprint density at radius 2 is 2.20 bits per heavy atom. The predicted octanol–water partition coefficient (Wildman–Crippen LogP) is 1.54. The van der Waals surface area contributed by atoms with Gasteiger partial charge in [0, 0.05) is 12.0 Å². The zero-order chi connectivity index (χ0) is 11.5. The normalized spacial score (nSPS) is 11.8. The minimum absolute atomic E-state index is 0.00655. The van der Waals surface area contributed by atoms with Crippen molar-refractivity contribution in [2.24, 2.45) is 5.73 Å². The van der Waals surface area contributed by atoms with Crippen LogP contribution in [-0.4, -0.2) is 23.4 Å². The van der Waals surface area contributed by atoms with Crippen molar-refractivity contribution < 1.29 is 4.74 Å². The molecule has 0 aliphatic heterocycles. The molecule has 0 unspecified atom stereocenters. The summed E-state index contributed by atoms with van der Waals surface area (Å²) in [5, 5.41) is 4.30. The minimum atomic E-state index is 0.00655. The van der Waals surface area contributed by atoms with E-state index in [2.05, 4.69) is 25.9 Å². The molecule has 86 valence electrons. The molecular formula is C11H21N3O. The van der Waals surface area contributed by atoms with Crippen LogP contribution in [0.5, 0.6) is 5.75 Å². The zero-order valence-corrected chi connectivity index (χ0v) is 10.1. The van der Waals surface area contributed by atoms with Crippen molar-refractivity contribution in [3.05, 3.63) is 11.9 Å². The van der Waals surface area contributed by atoms with Gasteiger partial charge in [-0.25, -0.2) is 0 Å². The Morgan fingerprint density at radius 3 is 2.67 bits per heavy atom. The molecule has 1 rings (SSSR count). The van der Waals surface area contributed by atoms with Crippen LogP contribution in [0.25, 0.3) is 0 Å². The standard InChI is InChI=1S/C11H21N3O/c1-5-14-10(9(15-4)8-13-14)11(2,3)6-7-12/h8H,5-7,12H2,1-4H3. The fourth-order valence-electron chi connectivity index (χ4n) is 1.92. The maximum absolute atomic E-state index is 5.63. The van der Waals surface area contributed by atoms with Crippen LogP contribution < -0.4 is 10.5 Å². The first-order valence-corrected chi connectivity index (χ1v) is 5.37. The van der Waals surface area contributed by atoms with Crippen LogP contribution in [0.1, 0.15) is 32.9 Å². The molecule has 1 aromatic heterocycles. The molecule has 0 atom stereocenters. The topological polar surface area (TPSA) is 53.1 Å². The summed E-state index contributed by atoms with van der Waals surface area (Å²) in [6.45, 7) is 7.95. The van der Waals surface area contributed by atoms with Gasteiger partial charge in [-0.05, 0) is 19.9 Å². The molecule has 0 bridgehead atoms. The third kappa shape index (κ3) is 2.31. The zero-order valence-electron chi connectivity index (χ0n) is 10.1. The van der Waals surface area contributed by atoms with E-state index in [1.54, 1.807) is 13.3 Å². The van der Waals surface area contributed by atoms with E-state index in [1.807, 2.05) is 4.68 Å². The molecular weight excluding hydrogens is 190 g/mol. The summed E-state index contributed by atoms with van der Waals surface area (Å²) < 4.78 is 7.32. The van der Waals surface area contributed by atoms with Crippen molar-refractivity contribution >= 4 is 0 Å². The highest BCUT2D eigenvalue weighted by atomic mass is 16.5. The van der Waals surface area contributed by atoms with Crippen molar-refractivity contribution in [1.29, 1.82) is 0 Å². The highest BCUT2D eigenvalue weighted by Gasteiger charge is 2.28. The quantitative estimate of drug-likeness (QED) is 0.803. The second-order valence-corrected chi connectivity index (χ2v) is 4.30. The number of hydrogen-bond acceptors (Lipinski definition) is 3. The monoisotopic (exact) mass is 211 g/mol. The van der Waals surface area contributed by atoms with Crippen LogP contribution in [0, 0.1) is 0 Å². The molecule has 15 heavy (non-hydrogen) atoms. The van der Waals surface area contributed by atoms with Crippen LogP contribution >= 0.6 is 0 Å². The van der Waals surface area contributed by atoms with Crippen LogP contribution in [-0.2, 0) is 12.0 Å². The average molecular weight is 211 g/mol. The molecule has 0 fully saturated rings. The lowest BCUT2D eigenvalue weighted by molar-refractivity contribution is 0.372. The maximum atomic E-state index is 5.63. The van der Waals surface area contributed by atoms with Gasteiger partial charge in [0.15, 0.2) is 5.75 Å². The van der Waals surface area contributed by atoms with E-state index >= 15 is 0 Å². The lowest BCUT2D eigenvalue weighted by Crippen LogP contribution is -2.26. The Balaban J connectivity index is 3.13. The number of aryl methyl sites for hydroxylation is 1. The third-order valence-corrected chi connectivity index (χ3v) is 2.74. The number of nitrogens with zero attached hydrogens (tertiary/aromatic N) is 2. The number of ether oxygens (including phenoxy) is 1. The summed E-state index contributed by atoms with van der Waals surface area (Å²) in [6, 6.07) is 0. The van der Waals surface area contributed by atoms with E-state index in [4.69, 9.17) is 10.5 Å². The molecule has 0 aliphatic rings. The Morgan fingerprint density at radius 1 is 1.53 bits per heavy atom. The first-order chi connectivity index (χ1) is 7.06. The number of nitrogens with two attached hydrogens (primary N) is 1. The second kappa shape index (κ2) is 4.66. The molecule has 0 saturated carbocycles.